The minimum absolute atomic E-state index is 0.150. The first-order valence-electron chi connectivity index (χ1n) is 13.2. The van der Waals surface area contributed by atoms with Crippen LogP contribution >= 0.6 is 11.6 Å². The number of benzene rings is 3. The number of nitrogens with one attached hydrogen (secondary N) is 1. The van der Waals surface area contributed by atoms with Gasteiger partial charge in [-0.3, -0.25) is 4.90 Å². The summed E-state index contributed by atoms with van der Waals surface area (Å²) in [4.78, 5) is 10.9. The molecule has 1 fully saturated rings. The SMILES string of the molecule is CS(=O)(=O)CCN1CC(n2cc(-c3ccc4ncnc(Nc5ccc(OCc6cccc(F)c6)c(Cl)c5)c4c3)nn2)C1. The molecule has 3 aromatic carbocycles. The van der Waals surface area contributed by atoms with Gasteiger partial charge < -0.3 is 10.1 Å². The van der Waals surface area contributed by atoms with Gasteiger partial charge in [-0.2, -0.15) is 0 Å². The zero-order valence-electron chi connectivity index (χ0n) is 22.6. The largest absolute Gasteiger partial charge is 0.487 e. The minimum Gasteiger partial charge on any atom is -0.487 e. The first-order valence-corrected chi connectivity index (χ1v) is 15.6. The van der Waals surface area contributed by atoms with Gasteiger partial charge in [0.25, 0.3) is 0 Å². The second-order valence-corrected chi connectivity index (χ2v) is 12.9. The molecule has 10 nitrogen and oxygen atoms in total. The molecule has 42 heavy (non-hydrogen) atoms. The van der Waals surface area contributed by atoms with Gasteiger partial charge in [-0.25, -0.2) is 27.5 Å². The van der Waals surface area contributed by atoms with Crippen molar-refractivity contribution >= 4 is 43.8 Å². The number of halogens is 2. The molecule has 216 valence electrons. The van der Waals surface area contributed by atoms with Crippen LogP contribution in [0.25, 0.3) is 22.2 Å². The fourth-order valence-corrected chi connectivity index (χ4v) is 5.54. The quantitative estimate of drug-likeness (QED) is 0.237. The molecule has 3 heterocycles. The Balaban J connectivity index is 1.15. The van der Waals surface area contributed by atoms with Crippen molar-refractivity contribution in [3.05, 3.63) is 89.6 Å². The van der Waals surface area contributed by atoms with Crippen LogP contribution in [0.15, 0.2) is 73.2 Å². The van der Waals surface area contributed by atoms with Gasteiger partial charge in [-0.05, 0) is 48.0 Å². The van der Waals surface area contributed by atoms with Crippen LogP contribution in [0.4, 0.5) is 15.9 Å². The van der Waals surface area contributed by atoms with Crippen LogP contribution in [0.3, 0.4) is 0 Å². The lowest BCUT2D eigenvalue weighted by atomic mass is 10.1. The van der Waals surface area contributed by atoms with Gasteiger partial charge in [0.2, 0.25) is 0 Å². The molecule has 0 amide bonds. The molecule has 1 aliphatic heterocycles. The number of fused-ring (bicyclic) bond motifs is 1. The van der Waals surface area contributed by atoms with Crippen LogP contribution in [0.1, 0.15) is 11.6 Å². The fourth-order valence-electron chi connectivity index (χ4n) is 4.71. The standard InChI is InChI=1S/C29H27ClFN7O3S/c1-42(39,40)10-9-37-14-23(15-37)38-16-27(35-36-38)20-5-7-26-24(12-20)29(33-18-32-26)34-22-6-8-28(25(30)13-22)41-17-19-3-2-4-21(31)11-19/h2-8,11-13,16,18,23H,9-10,14-15,17H2,1H3,(H,32,33,34). The summed E-state index contributed by atoms with van der Waals surface area (Å²) in [5.41, 5.74) is 3.74. The Hall–Kier alpha value is -4.13. The summed E-state index contributed by atoms with van der Waals surface area (Å²) in [6.07, 6.45) is 4.65. The number of sulfone groups is 1. The molecular weight excluding hydrogens is 581 g/mol. The van der Waals surface area contributed by atoms with Gasteiger partial charge >= 0.3 is 0 Å². The summed E-state index contributed by atoms with van der Waals surface area (Å²) in [6, 6.07) is 17.5. The monoisotopic (exact) mass is 607 g/mol. The lowest BCUT2D eigenvalue weighted by molar-refractivity contribution is 0.105. The summed E-state index contributed by atoms with van der Waals surface area (Å²) in [6.45, 7) is 2.17. The smallest absolute Gasteiger partial charge is 0.148 e. The Morgan fingerprint density at radius 1 is 1.10 bits per heavy atom. The molecule has 0 radical (unpaired) electrons. The molecule has 0 aliphatic carbocycles. The van der Waals surface area contributed by atoms with E-state index in [1.54, 1.807) is 24.3 Å². The zero-order valence-corrected chi connectivity index (χ0v) is 24.2. The van der Waals surface area contributed by atoms with Crippen LogP contribution in [-0.4, -0.2) is 69.9 Å². The Bertz CT molecular complexity index is 1860. The summed E-state index contributed by atoms with van der Waals surface area (Å²) in [7, 11) is -2.98. The highest BCUT2D eigenvalue weighted by Crippen LogP contribution is 2.32. The number of hydrogen-bond acceptors (Lipinski definition) is 9. The van der Waals surface area contributed by atoms with Crippen LogP contribution in [0, 0.1) is 5.82 Å². The normalized spacial score (nSPS) is 14.2. The number of rotatable bonds is 10. The summed E-state index contributed by atoms with van der Waals surface area (Å²) in [5.74, 6) is 0.910. The Kier molecular flexibility index (Phi) is 7.76. The van der Waals surface area contributed by atoms with Crippen molar-refractivity contribution in [3.8, 4) is 17.0 Å². The van der Waals surface area contributed by atoms with Gasteiger partial charge in [-0.15, -0.1) is 5.10 Å². The maximum absolute atomic E-state index is 13.5. The van der Waals surface area contributed by atoms with E-state index in [0.717, 1.165) is 29.6 Å². The van der Waals surface area contributed by atoms with E-state index in [4.69, 9.17) is 16.3 Å². The summed E-state index contributed by atoms with van der Waals surface area (Å²) >= 11 is 6.49. The predicted octanol–water partition coefficient (Wildman–Crippen LogP) is 4.90. The van der Waals surface area contributed by atoms with E-state index >= 15 is 0 Å². The van der Waals surface area contributed by atoms with Gasteiger partial charge in [0.1, 0.15) is 45.8 Å². The van der Waals surface area contributed by atoms with E-state index in [2.05, 4.69) is 30.5 Å². The van der Waals surface area contributed by atoms with Crippen molar-refractivity contribution < 1.29 is 17.5 Å². The number of ether oxygens (including phenoxy) is 1. The number of nitrogens with zero attached hydrogens (tertiary/aromatic N) is 6. The van der Waals surface area contributed by atoms with Gasteiger partial charge in [0, 0.05) is 42.5 Å². The second kappa shape index (κ2) is 11.6. The Morgan fingerprint density at radius 2 is 1.95 bits per heavy atom. The van der Waals surface area contributed by atoms with Crippen LogP contribution in [-0.2, 0) is 16.4 Å². The van der Waals surface area contributed by atoms with Gasteiger partial charge in [0.15, 0.2) is 0 Å². The molecule has 1 saturated heterocycles. The highest BCUT2D eigenvalue weighted by molar-refractivity contribution is 7.90. The minimum atomic E-state index is -2.98. The average Bonchev–Trinajstić information content (AvgIpc) is 3.41. The number of anilines is 2. The Morgan fingerprint density at radius 3 is 2.74 bits per heavy atom. The highest BCUT2D eigenvalue weighted by Gasteiger charge is 2.29. The van der Waals surface area contributed by atoms with E-state index < -0.39 is 9.84 Å². The van der Waals surface area contributed by atoms with Crippen LogP contribution in [0.2, 0.25) is 5.02 Å². The molecule has 0 spiro atoms. The third kappa shape index (κ3) is 6.51. The summed E-state index contributed by atoms with van der Waals surface area (Å²) in [5, 5.41) is 13.2. The molecule has 0 unspecified atom stereocenters. The lowest BCUT2D eigenvalue weighted by Gasteiger charge is -2.38. The third-order valence-electron chi connectivity index (χ3n) is 7.01. The molecule has 0 bridgehead atoms. The van der Waals surface area contributed by atoms with E-state index in [0.29, 0.717) is 40.1 Å². The molecule has 5 aromatic rings. The molecule has 0 atom stereocenters. The molecule has 13 heteroatoms. The first kappa shape index (κ1) is 28.0. The molecule has 1 N–H and O–H groups in total. The number of likely N-dealkylation sites (tertiary alicyclic amines) is 1. The van der Waals surface area contributed by atoms with Crippen molar-refractivity contribution in [3.63, 3.8) is 0 Å². The molecule has 0 saturated carbocycles. The maximum atomic E-state index is 13.5. The van der Waals surface area contributed by atoms with Crippen molar-refractivity contribution in [2.24, 2.45) is 0 Å². The first-order chi connectivity index (χ1) is 20.2. The number of aromatic nitrogens is 5. The molecule has 6 rings (SSSR count). The van der Waals surface area contributed by atoms with Gasteiger partial charge in [0.05, 0.1) is 28.5 Å². The van der Waals surface area contributed by atoms with Crippen LogP contribution in [0.5, 0.6) is 5.75 Å². The number of hydrogen-bond donors (Lipinski definition) is 1. The molecular formula is C29H27ClFN7O3S. The van der Waals surface area contributed by atoms with E-state index in [-0.39, 0.29) is 24.2 Å². The zero-order chi connectivity index (χ0) is 29.3. The van der Waals surface area contributed by atoms with Gasteiger partial charge in [-0.1, -0.05) is 35.0 Å². The summed E-state index contributed by atoms with van der Waals surface area (Å²) < 4.78 is 43.9. The predicted molar refractivity (Wildman–Crippen MR) is 159 cm³/mol. The lowest BCUT2D eigenvalue weighted by Crippen LogP contribution is -2.49. The molecule has 1 aliphatic rings. The Labute approximate surface area is 247 Å². The third-order valence-corrected chi connectivity index (χ3v) is 8.23. The van der Waals surface area contributed by atoms with Crippen molar-refractivity contribution in [1.29, 1.82) is 0 Å². The van der Waals surface area contributed by atoms with Crippen molar-refractivity contribution in [1.82, 2.24) is 29.9 Å². The van der Waals surface area contributed by atoms with E-state index in [1.165, 1.54) is 24.7 Å². The van der Waals surface area contributed by atoms with E-state index in [9.17, 15) is 12.8 Å². The highest BCUT2D eigenvalue weighted by atomic mass is 35.5. The van der Waals surface area contributed by atoms with Crippen molar-refractivity contribution in [2.75, 3.05) is 37.0 Å². The fraction of sp³-hybridized carbons (Fsp3) is 0.241. The van der Waals surface area contributed by atoms with E-state index in [1.807, 2.05) is 35.1 Å². The second-order valence-electron chi connectivity index (χ2n) is 10.3. The average molecular weight is 608 g/mol. The molecule has 2 aromatic heterocycles. The van der Waals surface area contributed by atoms with Crippen molar-refractivity contribution in [2.45, 2.75) is 12.6 Å². The topological polar surface area (TPSA) is 115 Å². The maximum Gasteiger partial charge on any atom is 0.148 e. The van der Waals surface area contributed by atoms with Crippen LogP contribution < -0.4 is 10.1 Å².